The van der Waals surface area contributed by atoms with Crippen LogP contribution in [0.3, 0.4) is 0 Å². The number of nitrogens with zero attached hydrogens (tertiary/aromatic N) is 3. The number of nitrogens with one attached hydrogen (secondary N) is 1. The second-order valence-corrected chi connectivity index (χ2v) is 4.18. The Morgan fingerprint density at radius 1 is 1.38 bits per heavy atom. The van der Waals surface area contributed by atoms with E-state index in [0.717, 1.165) is 29.9 Å². The van der Waals surface area contributed by atoms with Crippen LogP contribution in [0.5, 0.6) is 0 Å². The minimum absolute atomic E-state index is 0.480. The predicted octanol–water partition coefficient (Wildman–Crippen LogP) is 2.17. The highest BCUT2D eigenvalue weighted by atomic mass is 15.2. The molecule has 0 fully saturated rings. The van der Waals surface area contributed by atoms with Crippen LogP contribution in [0.1, 0.15) is 18.5 Å². The van der Waals surface area contributed by atoms with Crippen molar-refractivity contribution >= 4 is 11.3 Å². The molecule has 1 aliphatic rings. The first-order chi connectivity index (χ1) is 7.83. The van der Waals surface area contributed by atoms with Gasteiger partial charge in [-0.2, -0.15) is 5.10 Å². The van der Waals surface area contributed by atoms with Crippen molar-refractivity contribution in [2.24, 2.45) is 0 Å². The molecule has 2 aromatic rings. The quantitative estimate of drug-likeness (QED) is 0.779. The molecule has 0 aliphatic heterocycles. The molecule has 16 heavy (non-hydrogen) atoms. The highest BCUT2D eigenvalue weighted by Crippen LogP contribution is 2.19. The first-order valence-electron chi connectivity index (χ1n) is 5.55. The Bertz CT molecular complexity index is 533. The summed E-state index contributed by atoms with van der Waals surface area (Å²) in [5.41, 5.74) is 2.06. The minimum Gasteiger partial charge on any atom is -0.365 e. The van der Waals surface area contributed by atoms with Gasteiger partial charge >= 0.3 is 0 Å². The summed E-state index contributed by atoms with van der Waals surface area (Å²) in [6, 6.07) is 2.53. The van der Waals surface area contributed by atoms with E-state index in [-0.39, 0.29) is 0 Å². The standard InChI is InChI=1S/C12H14N4/c1-9-8-11-12(13-6-7-16(11)15-9)14-10-4-2-3-5-10/h2-3,6-8,10H,4-5H2,1H3,(H,13,14). The molecule has 0 amide bonds. The molecule has 4 nitrogen and oxygen atoms in total. The van der Waals surface area contributed by atoms with Crippen LogP contribution in [0.4, 0.5) is 5.82 Å². The van der Waals surface area contributed by atoms with Gasteiger partial charge in [-0.05, 0) is 25.8 Å². The van der Waals surface area contributed by atoms with E-state index in [9.17, 15) is 0 Å². The lowest BCUT2D eigenvalue weighted by atomic mass is 10.2. The lowest BCUT2D eigenvalue weighted by Gasteiger charge is -2.13. The van der Waals surface area contributed by atoms with Gasteiger partial charge in [0.05, 0.1) is 5.69 Å². The lowest BCUT2D eigenvalue weighted by molar-refractivity contribution is 0.779. The Morgan fingerprint density at radius 3 is 3.00 bits per heavy atom. The fourth-order valence-electron chi connectivity index (χ4n) is 2.08. The number of fused-ring (bicyclic) bond motifs is 1. The zero-order valence-corrected chi connectivity index (χ0v) is 9.22. The van der Waals surface area contributed by atoms with Gasteiger partial charge in [-0.15, -0.1) is 0 Å². The third kappa shape index (κ3) is 1.56. The van der Waals surface area contributed by atoms with Crippen molar-refractivity contribution in [3.63, 3.8) is 0 Å². The summed E-state index contributed by atoms with van der Waals surface area (Å²) in [4.78, 5) is 4.38. The van der Waals surface area contributed by atoms with Crippen molar-refractivity contribution in [3.8, 4) is 0 Å². The topological polar surface area (TPSA) is 42.2 Å². The van der Waals surface area contributed by atoms with Crippen LogP contribution in [0, 0.1) is 6.92 Å². The van der Waals surface area contributed by atoms with Crippen LogP contribution in [0.2, 0.25) is 0 Å². The number of aromatic nitrogens is 3. The van der Waals surface area contributed by atoms with Crippen molar-refractivity contribution < 1.29 is 0 Å². The minimum atomic E-state index is 0.480. The van der Waals surface area contributed by atoms with Crippen molar-refractivity contribution in [2.75, 3.05) is 5.32 Å². The Morgan fingerprint density at radius 2 is 2.19 bits per heavy atom. The summed E-state index contributed by atoms with van der Waals surface area (Å²) in [7, 11) is 0. The van der Waals surface area contributed by atoms with E-state index in [1.54, 1.807) is 6.20 Å². The Labute approximate surface area is 94.0 Å². The van der Waals surface area contributed by atoms with Crippen LogP contribution in [-0.2, 0) is 0 Å². The van der Waals surface area contributed by atoms with Crippen molar-refractivity contribution in [2.45, 2.75) is 25.8 Å². The Balaban J connectivity index is 1.96. The number of hydrogen-bond acceptors (Lipinski definition) is 3. The zero-order valence-electron chi connectivity index (χ0n) is 9.22. The summed E-state index contributed by atoms with van der Waals surface area (Å²) in [5.74, 6) is 0.928. The average molecular weight is 214 g/mol. The molecular weight excluding hydrogens is 200 g/mol. The van der Waals surface area contributed by atoms with Crippen molar-refractivity contribution in [1.29, 1.82) is 0 Å². The second kappa shape index (κ2) is 3.63. The maximum absolute atomic E-state index is 4.38. The highest BCUT2D eigenvalue weighted by Gasteiger charge is 2.12. The van der Waals surface area contributed by atoms with E-state index in [4.69, 9.17) is 0 Å². The molecule has 3 rings (SSSR count). The van der Waals surface area contributed by atoms with Gasteiger partial charge in [0.15, 0.2) is 5.82 Å². The molecular formula is C12H14N4. The molecule has 4 heteroatoms. The van der Waals surface area contributed by atoms with Gasteiger partial charge in [0, 0.05) is 18.4 Å². The maximum atomic E-state index is 4.38. The SMILES string of the molecule is Cc1cc2c(NC3CC=CC3)nccn2n1. The fourth-order valence-corrected chi connectivity index (χ4v) is 2.08. The molecule has 0 bridgehead atoms. The number of aryl methyl sites for hydroxylation is 1. The van der Waals surface area contributed by atoms with E-state index >= 15 is 0 Å². The Hall–Kier alpha value is -1.84. The van der Waals surface area contributed by atoms with Crippen molar-refractivity contribution in [3.05, 3.63) is 36.3 Å². The van der Waals surface area contributed by atoms with Gasteiger partial charge in [-0.1, -0.05) is 12.2 Å². The van der Waals surface area contributed by atoms with Crippen molar-refractivity contribution in [1.82, 2.24) is 14.6 Å². The fraction of sp³-hybridized carbons (Fsp3) is 0.333. The monoisotopic (exact) mass is 214 g/mol. The van der Waals surface area contributed by atoms with E-state index in [1.807, 2.05) is 17.6 Å². The first kappa shape index (κ1) is 9.39. The molecule has 1 aliphatic carbocycles. The lowest BCUT2D eigenvalue weighted by Crippen LogP contribution is -2.16. The second-order valence-electron chi connectivity index (χ2n) is 4.18. The molecule has 0 aromatic carbocycles. The summed E-state index contributed by atoms with van der Waals surface area (Å²) in [6.07, 6.45) is 10.2. The first-order valence-corrected chi connectivity index (χ1v) is 5.55. The van der Waals surface area contributed by atoms with E-state index in [0.29, 0.717) is 6.04 Å². The van der Waals surface area contributed by atoms with Gasteiger partial charge < -0.3 is 5.32 Å². The van der Waals surface area contributed by atoms with E-state index in [1.165, 1.54) is 0 Å². The smallest absolute Gasteiger partial charge is 0.152 e. The van der Waals surface area contributed by atoms with Gasteiger partial charge in [-0.3, -0.25) is 0 Å². The van der Waals surface area contributed by atoms with Gasteiger partial charge in [-0.25, -0.2) is 9.50 Å². The summed E-state index contributed by atoms with van der Waals surface area (Å²) in [6.45, 7) is 1.99. The molecule has 82 valence electrons. The number of anilines is 1. The van der Waals surface area contributed by atoms with Gasteiger partial charge in [0.2, 0.25) is 0 Å². The van der Waals surface area contributed by atoms with Crippen LogP contribution in [-0.4, -0.2) is 20.6 Å². The average Bonchev–Trinajstić information content (AvgIpc) is 2.86. The summed E-state index contributed by atoms with van der Waals surface area (Å²) < 4.78 is 1.87. The predicted molar refractivity (Wildman–Crippen MR) is 63.5 cm³/mol. The summed E-state index contributed by atoms with van der Waals surface area (Å²) in [5, 5.41) is 7.83. The molecule has 1 N–H and O–H groups in total. The third-order valence-electron chi connectivity index (χ3n) is 2.86. The van der Waals surface area contributed by atoms with Crippen LogP contribution in [0.15, 0.2) is 30.6 Å². The molecule has 0 saturated carbocycles. The zero-order chi connectivity index (χ0) is 11.0. The highest BCUT2D eigenvalue weighted by molar-refractivity contribution is 5.68. The molecule has 0 unspecified atom stereocenters. The molecule has 2 aromatic heterocycles. The Kier molecular flexibility index (Phi) is 2.13. The molecule has 0 radical (unpaired) electrons. The van der Waals surface area contributed by atoms with Gasteiger partial charge in [0.1, 0.15) is 5.52 Å². The number of hydrogen-bond donors (Lipinski definition) is 1. The molecule has 0 saturated heterocycles. The summed E-state index contributed by atoms with van der Waals surface area (Å²) >= 11 is 0. The van der Waals surface area contributed by atoms with E-state index < -0.39 is 0 Å². The van der Waals surface area contributed by atoms with Crippen LogP contribution < -0.4 is 5.32 Å². The molecule has 0 atom stereocenters. The largest absolute Gasteiger partial charge is 0.365 e. The normalized spacial score (nSPS) is 16.1. The maximum Gasteiger partial charge on any atom is 0.152 e. The van der Waals surface area contributed by atoms with Crippen LogP contribution in [0.25, 0.3) is 5.52 Å². The molecule has 0 spiro atoms. The van der Waals surface area contributed by atoms with E-state index in [2.05, 4.69) is 33.6 Å². The third-order valence-corrected chi connectivity index (χ3v) is 2.86. The van der Waals surface area contributed by atoms with Crippen LogP contribution >= 0.6 is 0 Å². The van der Waals surface area contributed by atoms with Gasteiger partial charge in [0.25, 0.3) is 0 Å². The number of rotatable bonds is 2. The molecule has 2 heterocycles.